The molecule has 0 radical (unpaired) electrons. The van der Waals surface area contributed by atoms with E-state index in [-0.39, 0.29) is 31.6 Å². The minimum atomic E-state index is -2.62. The van der Waals surface area contributed by atoms with Gasteiger partial charge in [-0.2, -0.15) is 0 Å². The van der Waals surface area contributed by atoms with E-state index in [4.69, 9.17) is 11.5 Å². The first-order valence-corrected chi connectivity index (χ1v) is 14.3. The first-order chi connectivity index (χ1) is 20.5. The number of nitrogens with one attached hydrogen (secondary N) is 3. The number of aliphatic imine (C=N–C) groups is 1. The summed E-state index contributed by atoms with van der Waals surface area (Å²) < 4.78 is 0. The van der Waals surface area contributed by atoms with E-state index >= 15 is 0 Å². The molecule has 2 aromatic carbocycles. The van der Waals surface area contributed by atoms with E-state index in [0.29, 0.717) is 17.7 Å². The highest BCUT2D eigenvalue weighted by Gasteiger charge is 2.76. The largest absolute Gasteiger partial charge is 0.370 e. The molecule has 4 aliphatic heterocycles. The number of aryl methyl sites for hydroxylation is 1. The molecule has 0 saturated carbocycles. The van der Waals surface area contributed by atoms with Crippen LogP contribution in [-0.2, 0) is 17.6 Å². The number of para-hydroxylation sites is 1. The van der Waals surface area contributed by atoms with Crippen molar-refractivity contribution in [1.82, 2.24) is 20.4 Å². The third kappa shape index (κ3) is 4.19. The quantitative estimate of drug-likeness (QED) is 0.131. The van der Waals surface area contributed by atoms with Gasteiger partial charge in [0.05, 0.1) is 13.1 Å². The Hall–Kier alpha value is -4.69. The SMILES string of the molecule is CCc1cccc(C(=O)NC2CN3C(N)=N[C@@H](CN4C(=O)CN(c5ccccc5)C4=O)[C@@H]4[NH+]=C(N)N[C@@]43C2(O)O)c1CC. The van der Waals surface area contributed by atoms with Crippen molar-refractivity contribution in [2.24, 2.45) is 16.5 Å². The monoisotopic (exact) mass is 590 g/mol. The predicted octanol–water partition coefficient (Wildman–Crippen LogP) is -2.86. The van der Waals surface area contributed by atoms with Crippen LogP contribution in [0.1, 0.15) is 35.3 Å². The standard InChI is InChI=1S/C29H35N9O5/c1-3-16-9-8-12-19(18(16)4-2)24(40)33-21-14-38-26(31)32-20(23-28(38,29(21,42)43)35-25(30)34-23)13-37-22(39)15-36(27(37)41)17-10-6-5-7-11-17/h5-12,20-21,23,42-43H,3-4,13-15H2,1-2H3,(H2,31,32)(H,33,40)(H3,30,34,35)/p+1/t20-,21?,23-,28-/m0/s1. The van der Waals surface area contributed by atoms with E-state index in [1.54, 1.807) is 36.4 Å². The molecule has 0 bridgehead atoms. The molecule has 4 aliphatic rings. The summed E-state index contributed by atoms with van der Waals surface area (Å²) in [4.78, 5) is 51.3. The molecule has 2 aromatic rings. The Balaban J connectivity index is 1.29. The maximum absolute atomic E-state index is 13.5. The number of guanidine groups is 2. The Morgan fingerprint density at radius 3 is 2.56 bits per heavy atom. The number of urea groups is 1. The highest BCUT2D eigenvalue weighted by molar-refractivity contribution is 6.12. The van der Waals surface area contributed by atoms with Crippen molar-refractivity contribution in [3.8, 4) is 0 Å². The lowest BCUT2D eigenvalue weighted by atomic mass is 9.84. The Kier molecular flexibility index (Phi) is 6.77. The van der Waals surface area contributed by atoms with Crippen LogP contribution < -0.4 is 32.0 Å². The molecule has 2 fully saturated rings. The number of amides is 4. The van der Waals surface area contributed by atoms with Crippen molar-refractivity contribution in [2.45, 2.75) is 56.3 Å². The lowest BCUT2D eigenvalue weighted by Crippen LogP contribution is -2.90. The van der Waals surface area contributed by atoms with Crippen LogP contribution >= 0.6 is 0 Å². The molecule has 0 aromatic heterocycles. The third-order valence-corrected chi connectivity index (χ3v) is 8.93. The molecule has 1 spiro atoms. The number of rotatable bonds is 7. The number of nitrogens with two attached hydrogens (primary N) is 2. The van der Waals surface area contributed by atoms with Crippen LogP contribution in [0.4, 0.5) is 10.5 Å². The summed E-state index contributed by atoms with van der Waals surface area (Å²) in [5, 5.41) is 29.4. The highest BCUT2D eigenvalue weighted by atomic mass is 16.5. The summed E-state index contributed by atoms with van der Waals surface area (Å²) >= 11 is 0. The number of carbonyl (C=O) groups is 3. The molecule has 43 heavy (non-hydrogen) atoms. The van der Waals surface area contributed by atoms with Crippen LogP contribution in [0.5, 0.6) is 0 Å². The van der Waals surface area contributed by atoms with Gasteiger partial charge in [-0.1, -0.05) is 44.2 Å². The number of aliphatic hydroxyl groups is 2. The lowest BCUT2D eigenvalue weighted by Gasteiger charge is -2.46. The summed E-state index contributed by atoms with van der Waals surface area (Å²) in [6, 6.07) is 10.7. The molecular formula is C29H36N9O5+. The number of hydrogen-bond donors (Lipinski definition) is 7. The fourth-order valence-electron chi connectivity index (χ4n) is 6.87. The van der Waals surface area contributed by atoms with Gasteiger partial charge >= 0.3 is 12.0 Å². The van der Waals surface area contributed by atoms with Crippen LogP contribution in [0.3, 0.4) is 0 Å². The molecule has 14 heteroatoms. The Morgan fingerprint density at radius 1 is 1.12 bits per heavy atom. The summed E-state index contributed by atoms with van der Waals surface area (Å²) in [5.41, 5.74) is 13.7. The summed E-state index contributed by atoms with van der Waals surface area (Å²) in [6.07, 6.45) is 1.38. The van der Waals surface area contributed by atoms with Gasteiger partial charge in [-0.25, -0.2) is 15.1 Å². The van der Waals surface area contributed by atoms with Crippen LogP contribution in [0.2, 0.25) is 0 Å². The van der Waals surface area contributed by atoms with Gasteiger partial charge in [-0.05, 0) is 42.2 Å². The average molecular weight is 591 g/mol. The molecule has 0 aliphatic carbocycles. The number of anilines is 1. The Labute approximate surface area is 248 Å². The van der Waals surface area contributed by atoms with Gasteiger partial charge in [0, 0.05) is 11.3 Å². The second kappa shape index (κ2) is 10.2. The summed E-state index contributed by atoms with van der Waals surface area (Å²) in [5.74, 6) is -3.54. The average Bonchev–Trinajstić information content (AvgIpc) is 3.57. The number of nitrogens with zero attached hydrogens (tertiary/aromatic N) is 4. The highest BCUT2D eigenvalue weighted by Crippen LogP contribution is 2.41. The zero-order valence-electron chi connectivity index (χ0n) is 23.9. The predicted molar refractivity (Wildman–Crippen MR) is 156 cm³/mol. The van der Waals surface area contributed by atoms with E-state index in [1.807, 2.05) is 26.0 Å². The fourth-order valence-corrected chi connectivity index (χ4v) is 6.87. The molecule has 9 N–H and O–H groups in total. The first kappa shape index (κ1) is 28.4. The second-order valence-electron chi connectivity index (χ2n) is 11.2. The van der Waals surface area contributed by atoms with E-state index < -0.39 is 47.4 Å². The molecule has 14 nitrogen and oxygen atoms in total. The van der Waals surface area contributed by atoms with E-state index in [9.17, 15) is 24.6 Å². The van der Waals surface area contributed by atoms with Crippen molar-refractivity contribution in [3.63, 3.8) is 0 Å². The van der Waals surface area contributed by atoms with Crippen molar-refractivity contribution >= 4 is 35.5 Å². The Bertz CT molecular complexity index is 1540. The number of carbonyl (C=O) groups excluding carboxylic acids is 3. The molecule has 1 unspecified atom stereocenters. The minimum absolute atomic E-state index is 0.0262. The van der Waals surface area contributed by atoms with Gasteiger partial charge in [0.15, 0.2) is 12.0 Å². The second-order valence-corrected chi connectivity index (χ2v) is 11.2. The summed E-state index contributed by atoms with van der Waals surface area (Å²) in [7, 11) is 0. The minimum Gasteiger partial charge on any atom is -0.370 e. The van der Waals surface area contributed by atoms with E-state index in [1.165, 1.54) is 9.80 Å². The van der Waals surface area contributed by atoms with Gasteiger partial charge in [0.1, 0.15) is 18.6 Å². The van der Waals surface area contributed by atoms with Gasteiger partial charge in [0.25, 0.3) is 17.5 Å². The number of benzene rings is 2. The molecular weight excluding hydrogens is 554 g/mol. The normalized spacial score (nSPS) is 27.4. The van der Waals surface area contributed by atoms with Gasteiger partial charge < -0.3 is 21.3 Å². The lowest BCUT2D eigenvalue weighted by molar-refractivity contribution is -0.521. The van der Waals surface area contributed by atoms with Crippen molar-refractivity contribution in [1.29, 1.82) is 0 Å². The van der Waals surface area contributed by atoms with Crippen molar-refractivity contribution in [2.75, 3.05) is 24.5 Å². The first-order valence-electron chi connectivity index (χ1n) is 14.3. The third-order valence-electron chi connectivity index (χ3n) is 8.93. The van der Waals surface area contributed by atoms with Crippen molar-refractivity contribution < 1.29 is 29.6 Å². The van der Waals surface area contributed by atoms with E-state index in [2.05, 4.69) is 20.6 Å². The maximum Gasteiger partial charge on any atom is 0.343 e. The van der Waals surface area contributed by atoms with Crippen LogP contribution in [0.15, 0.2) is 53.5 Å². The number of hydrogen-bond acceptors (Lipinski definition) is 10. The topological polar surface area (TPSA) is 204 Å². The molecule has 4 heterocycles. The van der Waals surface area contributed by atoms with Gasteiger partial charge in [-0.15, -0.1) is 0 Å². The fraction of sp³-hybridized carbons (Fsp3) is 0.414. The zero-order valence-corrected chi connectivity index (χ0v) is 23.9. The zero-order chi connectivity index (χ0) is 30.7. The molecule has 6 rings (SSSR count). The van der Waals surface area contributed by atoms with Crippen LogP contribution in [0, 0.1) is 0 Å². The van der Waals surface area contributed by atoms with Gasteiger partial charge in [-0.3, -0.25) is 35.0 Å². The molecule has 226 valence electrons. The van der Waals surface area contributed by atoms with Crippen LogP contribution in [0.25, 0.3) is 0 Å². The van der Waals surface area contributed by atoms with Crippen LogP contribution in [-0.4, -0.2) is 99.0 Å². The Morgan fingerprint density at radius 2 is 1.86 bits per heavy atom. The smallest absolute Gasteiger partial charge is 0.343 e. The van der Waals surface area contributed by atoms with Gasteiger partial charge in [0.2, 0.25) is 5.79 Å². The molecule has 4 atom stereocenters. The summed E-state index contributed by atoms with van der Waals surface area (Å²) in [6.45, 7) is 3.54. The number of imide groups is 1. The maximum atomic E-state index is 13.5. The molecule has 2 saturated heterocycles. The molecule has 4 amide bonds. The van der Waals surface area contributed by atoms with E-state index in [0.717, 1.165) is 22.4 Å². The van der Waals surface area contributed by atoms with Crippen molar-refractivity contribution in [3.05, 3.63) is 65.2 Å².